The number of hydrogen-bond acceptors (Lipinski definition) is 6. The smallest absolute Gasteiger partial charge is 0.264 e. The van der Waals surface area contributed by atoms with Crippen LogP contribution in [0.2, 0.25) is 0 Å². The average molecular weight is 843 g/mol. The summed E-state index contributed by atoms with van der Waals surface area (Å²) < 4.78 is 71.8. The van der Waals surface area contributed by atoms with E-state index in [1.54, 1.807) is 74.9 Å². The first-order chi connectivity index (χ1) is 29.5. The van der Waals surface area contributed by atoms with E-state index in [0.717, 1.165) is 21.5 Å². The summed E-state index contributed by atoms with van der Waals surface area (Å²) >= 11 is 0. The number of benzene rings is 8. The molecular weight excluding hydrogens is 801 g/mol. The van der Waals surface area contributed by atoms with Gasteiger partial charge in [0.25, 0.3) is 20.0 Å². The lowest BCUT2D eigenvalue weighted by Gasteiger charge is -2.29. The molecule has 0 unspecified atom stereocenters. The fourth-order valence-corrected chi connectivity index (χ4v) is 10.3. The number of sulfonamides is 2. The number of ether oxygens (including phenoxy) is 2. The van der Waals surface area contributed by atoms with Gasteiger partial charge in [-0.1, -0.05) is 115 Å². The summed E-state index contributed by atoms with van der Waals surface area (Å²) in [6, 6.07) is 51.0. The minimum atomic E-state index is -4.10. The van der Waals surface area contributed by atoms with Gasteiger partial charge in [-0.3, -0.25) is 8.61 Å². The second-order valence-electron chi connectivity index (χ2n) is 14.5. The third kappa shape index (κ3) is 7.54. The topological polar surface area (TPSA) is 93.2 Å². The lowest BCUT2D eigenvalue weighted by Crippen LogP contribution is -2.28. The number of terminal acetylenes is 1. The molecule has 0 aromatic heterocycles. The van der Waals surface area contributed by atoms with Gasteiger partial charge in [0.1, 0.15) is 11.5 Å². The van der Waals surface area contributed by atoms with Gasteiger partial charge in [-0.15, -0.1) is 6.42 Å². The Labute approximate surface area is 357 Å². The number of methoxy groups -OCH3 is 2. The monoisotopic (exact) mass is 842 g/mol. The molecule has 304 valence electrons. The summed E-state index contributed by atoms with van der Waals surface area (Å²) in [6.45, 7) is 0. The fraction of sp³-hybridized carbons (Fsp3) is 0.0980. The van der Waals surface area contributed by atoms with Crippen molar-refractivity contribution >= 4 is 53.0 Å². The summed E-state index contributed by atoms with van der Waals surface area (Å²) in [5, 5.41) is 3.44. The first-order valence-electron chi connectivity index (χ1n) is 19.4. The first-order valence-corrected chi connectivity index (χ1v) is 22.3. The summed E-state index contributed by atoms with van der Waals surface area (Å²) in [4.78, 5) is 0.275. The van der Waals surface area contributed by atoms with E-state index in [4.69, 9.17) is 15.9 Å². The highest BCUT2D eigenvalue weighted by atomic mass is 32.2. The lowest BCUT2D eigenvalue weighted by atomic mass is 9.81. The van der Waals surface area contributed by atoms with Crippen molar-refractivity contribution in [2.75, 3.05) is 36.9 Å². The van der Waals surface area contributed by atoms with E-state index < -0.39 is 26.0 Å². The predicted molar refractivity (Wildman–Crippen MR) is 247 cm³/mol. The van der Waals surface area contributed by atoms with Crippen molar-refractivity contribution in [3.63, 3.8) is 0 Å². The number of fused-ring (bicyclic) bond motifs is 2. The zero-order chi connectivity index (χ0) is 42.9. The maximum absolute atomic E-state index is 14.6. The van der Waals surface area contributed by atoms with Gasteiger partial charge in [0, 0.05) is 25.2 Å². The van der Waals surface area contributed by atoms with E-state index in [1.165, 1.54) is 22.7 Å². The summed E-state index contributed by atoms with van der Waals surface area (Å²) in [6.07, 6.45) is 6.58. The van der Waals surface area contributed by atoms with Crippen LogP contribution < -0.4 is 18.1 Å². The predicted octanol–water partition coefficient (Wildman–Crippen LogP) is 10.8. The van der Waals surface area contributed by atoms with Crippen LogP contribution in [-0.4, -0.2) is 45.2 Å². The van der Waals surface area contributed by atoms with Gasteiger partial charge in [0.15, 0.2) is 0 Å². The molecule has 61 heavy (non-hydrogen) atoms. The molecule has 8 aromatic carbocycles. The average Bonchev–Trinajstić information content (AvgIpc) is 3.30. The zero-order valence-corrected chi connectivity index (χ0v) is 35.6. The maximum atomic E-state index is 14.6. The van der Waals surface area contributed by atoms with Crippen LogP contribution in [0, 0.1) is 12.3 Å². The van der Waals surface area contributed by atoms with E-state index in [9.17, 15) is 16.8 Å². The highest BCUT2D eigenvalue weighted by molar-refractivity contribution is 7.93. The van der Waals surface area contributed by atoms with Crippen LogP contribution in [0.3, 0.4) is 0 Å². The molecule has 0 N–H and O–H groups in total. The number of hydrogen-bond donors (Lipinski definition) is 0. The largest absolute Gasteiger partial charge is 0.497 e. The first kappa shape index (κ1) is 40.7. The third-order valence-corrected chi connectivity index (χ3v) is 14.7. The molecule has 0 aliphatic heterocycles. The molecule has 0 heterocycles. The Kier molecular flexibility index (Phi) is 11.0. The van der Waals surface area contributed by atoms with Gasteiger partial charge in [-0.2, -0.15) is 0 Å². The Bertz CT molecular complexity index is 2990. The molecule has 0 saturated heterocycles. The lowest BCUT2D eigenvalue weighted by molar-refractivity contribution is 0.415. The molecule has 0 aliphatic carbocycles. The second-order valence-corrected chi connectivity index (χ2v) is 18.4. The Balaban J connectivity index is 1.33. The van der Waals surface area contributed by atoms with Crippen LogP contribution in [0.5, 0.6) is 11.5 Å². The molecule has 8 rings (SSSR count). The van der Waals surface area contributed by atoms with Gasteiger partial charge in [0.05, 0.1) is 41.3 Å². The van der Waals surface area contributed by atoms with Crippen LogP contribution in [0.1, 0.15) is 17.0 Å². The van der Waals surface area contributed by atoms with Gasteiger partial charge in [-0.25, -0.2) is 16.8 Å². The SMILES string of the molecule is C#CC(c1cccc(N(C)S(=O)(=O)c2ccc3ccccc3c2)c1-c1ccc(OC)cc1)c1cccc(N(C)S(=O)(=O)c2ccc3ccccc3c2)c1-c1ccc(OC)cc1. The van der Waals surface area contributed by atoms with Crippen molar-refractivity contribution in [2.24, 2.45) is 0 Å². The van der Waals surface area contributed by atoms with Crippen LogP contribution in [0.4, 0.5) is 11.4 Å². The Hall–Kier alpha value is -7.06. The van der Waals surface area contributed by atoms with E-state index in [2.05, 4.69) is 5.92 Å². The van der Waals surface area contributed by atoms with Crippen LogP contribution in [0.15, 0.2) is 180 Å². The minimum absolute atomic E-state index is 0.137. The molecule has 0 atom stereocenters. The van der Waals surface area contributed by atoms with Crippen molar-refractivity contribution in [3.05, 3.63) is 181 Å². The normalized spacial score (nSPS) is 11.7. The van der Waals surface area contributed by atoms with Crippen molar-refractivity contribution < 1.29 is 26.3 Å². The van der Waals surface area contributed by atoms with Gasteiger partial charge in [0.2, 0.25) is 0 Å². The molecule has 0 aliphatic rings. The molecule has 0 fully saturated rings. The Morgan fingerprint density at radius 3 is 1.21 bits per heavy atom. The zero-order valence-electron chi connectivity index (χ0n) is 34.0. The molecule has 0 bridgehead atoms. The van der Waals surface area contributed by atoms with E-state index in [0.29, 0.717) is 56.3 Å². The third-order valence-electron chi connectivity index (χ3n) is 11.1. The van der Waals surface area contributed by atoms with Crippen LogP contribution >= 0.6 is 0 Å². The van der Waals surface area contributed by atoms with Gasteiger partial charge in [-0.05, 0) is 104 Å². The summed E-state index contributed by atoms with van der Waals surface area (Å²) in [5.41, 5.74) is 4.64. The molecule has 10 heteroatoms. The summed E-state index contributed by atoms with van der Waals surface area (Å²) in [5.74, 6) is 3.47. The molecule has 0 amide bonds. The minimum Gasteiger partial charge on any atom is -0.497 e. The number of anilines is 2. The van der Waals surface area contributed by atoms with E-state index in [-0.39, 0.29) is 9.79 Å². The Morgan fingerprint density at radius 1 is 0.475 bits per heavy atom. The fourth-order valence-electron chi connectivity index (χ4n) is 7.84. The second kappa shape index (κ2) is 16.5. The van der Waals surface area contributed by atoms with Gasteiger partial charge >= 0.3 is 0 Å². The quantitative estimate of drug-likeness (QED) is 0.114. The van der Waals surface area contributed by atoms with Crippen molar-refractivity contribution in [1.82, 2.24) is 0 Å². The van der Waals surface area contributed by atoms with Crippen molar-refractivity contribution in [1.29, 1.82) is 0 Å². The highest BCUT2D eigenvalue weighted by Crippen LogP contribution is 2.46. The molecule has 8 aromatic rings. The summed E-state index contributed by atoms with van der Waals surface area (Å²) in [7, 11) is -1.96. The molecule has 0 radical (unpaired) electrons. The number of rotatable bonds is 12. The number of nitrogens with zero attached hydrogens (tertiary/aromatic N) is 2. The molecular formula is C51H42N2O6S2. The van der Waals surface area contributed by atoms with Crippen LogP contribution in [0.25, 0.3) is 43.8 Å². The highest BCUT2D eigenvalue weighted by Gasteiger charge is 2.31. The van der Waals surface area contributed by atoms with E-state index >= 15 is 0 Å². The maximum Gasteiger partial charge on any atom is 0.264 e. The molecule has 0 saturated carbocycles. The van der Waals surface area contributed by atoms with E-state index in [1.807, 2.05) is 109 Å². The van der Waals surface area contributed by atoms with Crippen molar-refractivity contribution in [3.8, 4) is 46.1 Å². The molecule has 0 spiro atoms. The van der Waals surface area contributed by atoms with Crippen molar-refractivity contribution in [2.45, 2.75) is 15.7 Å². The molecule has 8 nitrogen and oxygen atoms in total. The standard InChI is InChI=1S/C51H42N2O6S2/c1-6-45(46-17-11-19-48(50(46)37-21-27-41(58-4)28-22-37)52(2)60(54,55)43-31-25-35-13-7-9-15-39(35)33-43)47-18-12-20-49(51(47)38-23-29-42(59-5)30-24-38)53(3)61(56,57)44-32-26-36-14-8-10-16-40(36)34-44/h1,7-34,45H,2-5H3. The van der Waals surface area contributed by atoms with Crippen LogP contribution in [-0.2, 0) is 20.0 Å². The van der Waals surface area contributed by atoms with Gasteiger partial charge < -0.3 is 9.47 Å². The Morgan fingerprint density at radius 2 is 0.852 bits per heavy atom.